The van der Waals surface area contributed by atoms with Gasteiger partial charge in [0, 0.05) is 24.0 Å². The molecule has 1 aromatic carbocycles. The summed E-state index contributed by atoms with van der Waals surface area (Å²) >= 11 is 0. The summed E-state index contributed by atoms with van der Waals surface area (Å²) in [7, 11) is 0. The summed E-state index contributed by atoms with van der Waals surface area (Å²) < 4.78 is 39.1. The van der Waals surface area contributed by atoms with E-state index in [-0.39, 0.29) is 23.9 Å². The summed E-state index contributed by atoms with van der Waals surface area (Å²) in [5, 5.41) is 8.29. The van der Waals surface area contributed by atoms with E-state index in [1.165, 1.54) is 11.0 Å². The summed E-state index contributed by atoms with van der Waals surface area (Å²) in [5.74, 6) is 0.00794. The summed E-state index contributed by atoms with van der Waals surface area (Å²) in [6.07, 6.45) is 2.89. The first-order valence-electron chi connectivity index (χ1n) is 10.2. The van der Waals surface area contributed by atoms with Crippen molar-refractivity contribution >= 4 is 5.91 Å². The molecule has 3 unspecified atom stereocenters. The number of hydrogen-bond donors (Lipinski definition) is 0. The zero-order valence-corrected chi connectivity index (χ0v) is 16.5. The minimum absolute atomic E-state index is 0.00696. The molecule has 4 heterocycles. The molecule has 9 heteroatoms. The Bertz CT molecular complexity index is 1100. The third-order valence-electron chi connectivity index (χ3n) is 6.28. The Morgan fingerprint density at radius 2 is 1.84 bits per heavy atom. The Labute approximate surface area is 176 Å². The molecule has 2 aliphatic rings. The molecule has 0 spiro atoms. The lowest BCUT2D eigenvalue weighted by molar-refractivity contribution is -0.137. The molecular weight excluding hydrogens is 407 g/mol. The van der Waals surface area contributed by atoms with Crippen LogP contribution in [0.5, 0.6) is 0 Å². The molecule has 3 atom stereocenters. The van der Waals surface area contributed by atoms with Crippen LogP contribution in [-0.4, -0.2) is 42.9 Å². The van der Waals surface area contributed by atoms with Gasteiger partial charge in [-0.3, -0.25) is 9.78 Å². The van der Waals surface area contributed by atoms with E-state index in [0.29, 0.717) is 23.4 Å². The van der Waals surface area contributed by atoms with E-state index in [2.05, 4.69) is 15.2 Å². The first-order chi connectivity index (χ1) is 14.9. The van der Waals surface area contributed by atoms with Crippen LogP contribution in [-0.2, 0) is 12.6 Å². The van der Waals surface area contributed by atoms with E-state index >= 15 is 0 Å². The Morgan fingerprint density at radius 3 is 2.61 bits per heavy atom. The molecule has 5 rings (SSSR count). The van der Waals surface area contributed by atoms with Crippen LogP contribution in [0.15, 0.2) is 55.0 Å². The van der Waals surface area contributed by atoms with Gasteiger partial charge in [0.2, 0.25) is 0 Å². The van der Waals surface area contributed by atoms with Crippen LogP contribution in [0.4, 0.5) is 13.2 Å². The fourth-order valence-electron chi connectivity index (χ4n) is 4.99. The maximum absolute atomic E-state index is 13.5. The van der Waals surface area contributed by atoms with Crippen LogP contribution in [0.1, 0.15) is 40.9 Å². The van der Waals surface area contributed by atoms with Gasteiger partial charge in [0.1, 0.15) is 0 Å². The largest absolute Gasteiger partial charge is 0.416 e. The number of alkyl halides is 3. The van der Waals surface area contributed by atoms with Gasteiger partial charge in [0.05, 0.1) is 29.2 Å². The SMILES string of the molecule is O=C(c1ccccc1-n1nccn1)N1C2CCC1C(Cc1cc(C(F)(F)F)ccn1)C2. The number of carbonyl (C=O) groups is 1. The quantitative estimate of drug-likeness (QED) is 0.633. The highest BCUT2D eigenvalue weighted by atomic mass is 19.4. The van der Waals surface area contributed by atoms with E-state index in [9.17, 15) is 18.0 Å². The summed E-state index contributed by atoms with van der Waals surface area (Å²) in [4.78, 5) is 21.0. The minimum Gasteiger partial charge on any atom is -0.332 e. The van der Waals surface area contributed by atoms with Crippen molar-refractivity contribution in [2.45, 2.75) is 43.9 Å². The van der Waals surface area contributed by atoms with Crippen molar-refractivity contribution in [3.8, 4) is 5.69 Å². The van der Waals surface area contributed by atoms with Gasteiger partial charge in [-0.2, -0.15) is 28.2 Å². The molecule has 2 saturated heterocycles. The highest BCUT2D eigenvalue weighted by molar-refractivity contribution is 5.98. The van der Waals surface area contributed by atoms with Gasteiger partial charge >= 0.3 is 6.18 Å². The average Bonchev–Trinajstić information content (AvgIpc) is 3.49. The van der Waals surface area contributed by atoms with Crippen LogP contribution in [0.2, 0.25) is 0 Å². The number of nitrogens with zero attached hydrogens (tertiary/aromatic N) is 5. The first kappa shape index (κ1) is 19.7. The number of amides is 1. The molecule has 2 aromatic heterocycles. The molecular formula is C22H20F3N5O. The molecule has 6 nitrogen and oxygen atoms in total. The third kappa shape index (κ3) is 3.58. The molecule has 0 radical (unpaired) electrons. The monoisotopic (exact) mass is 427 g/mol. The molecule has 0 N–H and O–H groups in total. The Balaban J connectivity index is 1.38. The van der Waals surface area contributed by atoms with Gasteiger partial charge in [-0.25, -0.2) is 0 Å². The van der Waals surface area contributed by atoms with Crippen LogP contribution in [0, 0.1) is 5.92 Å². The van der Waals surface area contributed by atoms with E-state index < -0.39 is 11.7 Å². The average molecular weight is 427 g/mol. The number of aromatic nitrogens is 4. The summed E-state index contributed by atoms with van der Waals surface area (Å²) in [5.41, 5.74) is 0.864. The second-order valence-electron chi connectivity index (χ2n) is 8.08. The molecule has 2 bridgehead atoms. The standard InChI is InChI=1S/C22H20F3N5O/c23-22(24,25)15-7-8-26-16(13-15)11-14-12-17-5-6-19(14)29(17)21(31)18-3-1-2-4-20(18)30-27-9-10-28-30/h1-4,7-10,13-14,17,19H,5-6,11-12H2. The highest BCUT2D eigenvalue weighted by Crippen LogP contribution is 2.44. The van der Waals surface area contributed by atoms with Gasteiger partial charge in [-0.15, -0.1) is 0 Å². The molecule has 0 saturated carbocycles. The number of halogens is 3. The summed E-state index contributed by atoms with van der Waals surface area (Å²) in [6.45, 7) is 0. The van der Waals surface area contributed by atoms with Crippen LogP contribution < -0.4 is 0 Å². The van der Waals surface area contributed by atoms with Gasteiger partial charge in [0.25, 0.3) is 5.91 Å². The maximum Gasteiger partial charge on any atom is 0.416 e. The number of pyridine rings is 1. The van der Waals surface area contributed by atoms with Crippen LogP contribution in [0.25, 0.3) is 5.69 Å². The van der Waals surface area contributed by atoms with E-state index in [1.807, 2.05) is 17.0 Å². The van der Waals surface area contributed by atoms with Crippen molar-refractivity contribution in [1.29, 1.82) is 0 Å². The molecule has 1 amide bonds. The number of hydrogen-bond acceptors (Lipinski definition) is 4. The number of benzene rings is 1. The normalized spacial score (nSPS) is 22.8. The topological polar surface area (TPSA) is 63.9 Å². The van der Waals surface area contributed by atoms with Crippen molar-refractivity contribution in [2.75, 3.05) is 0 Å². The predicted octanol–water partition coefficient (Wildman–Crippen LogP) is 3.92. The number of fused-ring (bicyclic) bond motifs is 2. The Morgan fingerprint density at radius 1 is 1.06 bits per heavy atom. The van der Waals surface area contributed by atoms with Gasteiger partial charge in [-0.05, 0) is 55.9 Å². The maximum atomic E-state index is 13.5. The molecule has 160 valence electrons. The van der Waals surface area contributed by atoms with Crippen molar-refractivity contribution in [3.05, 3.63) is 71.8 Å². The third-order valence-corrected chi connectivity index (χ3v) is 6.28. The fourth-order valence-corrected chi connectivity index (χ4v) is 4.99. The van der Waals surface area contributed by atoms with Gasteiger partial charge in [-0.1, -0.05) is 12.1 Å². The molecule has 2 fully saturated rings. The summed E-state index contributed by atoms with van der Waals surface area (Å²) in [6, 6.07) is 9.40. The van der Waals surface area contributed by atoms with Crippen molar-refractivity contribution in [1.82, 2.24) is 24.9 Å². The Hall–Kier alpha value is -3.23. The smallest absolute Gasteiger partial charge is 0.332 e. The zero-order valence-electron chi connectivity index (χ0n) is 16.5. The lowest BCUT2D eigenvalue weighted by Gasteiger charge is -2.25. The number of rotatable bonds is 4. The second-order valence-corrected chi connectivity index (χ2v) is 8.08. The lowest BCUT2D eigenvalue weighted by atomic mass is 9.85. The Kier molecular flexibility index (Phi) is 4.75. The van der Waals surface area contributed by atoms with Crippen molar-refractivity contribution in [3.63, 3.8) is 0 Å². The number of para-hydroxylation sites is 1. The van der Waals surface area contributed by atoms with Gasteiger partial charge < -0.3 is 4.90 Å². The van der Waals surface area contributed by atoms with Crippen molar-refractivity contribution in [2.24, 2.45) is 5.92 Å². The van der Waals surface area contributed by atoms with Gasteiger partial charge in [0.15, 0.2) is 0 Å². The predicted molar refractivity (Wildman–Crippen MR) is 105 cm³/mol. The fraction of sp³-hybridized carbons (Fsp3) is 0.364. The molecule has 2 aliphatic heterocycles. The lowest BCUT2D eigenvalue weighted by Crippen LogP contribution is -2.37. The number of carbonyl (C=O) groups excluding carboxylic acids is 1. The van der Waals surface area contributed by atoms with E-state index in [0.717, 1.165) is 31.4 Å². The highest BCUT2D eigenvalue weighted by Gasteiger charge is 2.49. The zero-order chi connectivity index (χ0) is 21.6. The molecule has 0 aliphatic carbocycles. The van der Waals surface area contributed by atoms with E-state index in [1.54, 1.807) is 24.5 Å². The first-order valence-corrected chi connectivity index (χ1v) is 10.2. The molecule has 3 aromatic rings. The van der Waals surface area contributed by atoms with Crippen molar-refractivity contribution < 1.29 is 18.0 Å². The minimum atomic E-state index is -4.39. The molecule has 31 heavy (non-hydrogen) atoms. The van der Waals surface area contributed by atoms with E-state index in [4.69, 9.17) is 0 Å². The van der Waals surface area contributed by atoms with Crippen LogP contribution in [0.3, 0.4) is 0 Å². The second kappa shape index (κ2) is 7.47. The van der Waals surface area contributed by atoms with Crippen LogP contribution >= 0.6 is 0 Å².